The largest absolute Gasteiger partial charge is 0.466 e. The Hall–Kier alpha value is -4.13. The third-order valence-corrected chi connectivity index (χ3v) is 4.90. The van der Waals surface area contributed by atoms with E-state index < -0.39 is 11.9 Å². The minimum Gasteiger partial charge on any atom is -0.466 e. The van der Waals surface area contributed by atoms with Crippen molar-refractivity contribution >= 4 is 40.0 Å². The van der Waals surface area contributed by atoms with Gasteiger partial charge < -0.3 is 19.7 Å². The fourth-order valence-corrected chi connectivity index (χ4v) is 3.31. The molecule has 3 aromatic rings. The number of hydrogen-bond donors (Lipinski definition) is 1. The van der Waals surface area contributed by atoms with Gasteiger partial charge >= 0.3 is 11.9 Å². The van der Waals surface area contributed by atoms with Gasteiger partial charge in [-0.3, -0.25) is 4.79 Å². The van der Waals surface area contributed by atoms with Crippen LogP contribution in [-0.4, -0.2) is 38.6 Å². The van der Waals surface area contributed by atoms with Crippen molar-refractivity contribution in [2.75, 3.05) is 31.0 Å². The van der Waals surface area contributed by atoms with E-state index in [0.29, 0.717) is 17.8 Å². The number of methoxy groups -OCH3 is 2. The maximum absolute atomic E-state index is 13.3. The van der Waals surface area contributed by atoms with Crippen molar-refractivity contribution in [1.82, 2.24) is 0 Å². The molecule has 0 aromatic heterocycles. The lowest BCUT2D eigenvalue weighted by Gasteiger charge is -2.23. The third-order valence-electron chi connectivity index (χ3n) is 4.90. The zero-order chi connectivity index (χ0) is 23.1. The molecule has 0 saturated carbocycles. The van der Waals surface area contributed by atoms with E-state index in [9.17, 15) is 14.4 Å². The molecule has 0 unspecified atom stereocenters. The van der Waals surface area contributed by atoms with Gasteiger partial charge in [-0.25, -0.2) is 9.59 Å². The third kappa shape index (κ3) is 4.95. The van der Waals surface area contributed by atoms with Crippen molar-refractivity contribution < 1.29 is 23.9 Å². The van der Waals surface area contributed by atoms with Crippen LogP contribution in [0, 0.1) is 0 Å². The van der Waals surface area contributed by atoms with Gasteiger partial charge in [0.25, 0.3) is 5.91 Å². The van der Waals surface area contributed by atoms with E-state index >= 15 is 0 Å². The average molecular weight is 432 g/mol. The summed E-state index contributed by atoms with van der Waals surface area (Å²) in [5, 5.41) is 4.88. The van der Waals surface area contributed by atoms with Crippen LogP contribution in [0.1, 0.15) is 17.3 Å². The van der Waals surface area contributed by atoms with Crippen LogP contribution in [0.3, 0.4) is 0 Å². The van der Waals surface area contributed by atoms with Crippen LogP contribution in [0.2, 0.25) is 0 Å². The van der Waals surface area contributed by atoms with Crippen molar-refractivity contribution in [3.05, 3.63) is 84.1 Å². The predicted molar refractivity (Wildman–Crippen MR) is 123 cm³/mol. The second-order valence-corrected chi connectivity index (χ2v) is 6.82. The predicted octanol–water partition coefficient (Wildman–Crippen LogP) is 4.15. The number of rotatable bonds is 7. The number of carbonyl (C=O) groups is 3. The maximum Gasteiger partial charge on any atom is 0.354 e. The number of amides is 1. The van der Waals surface area contributed by atoms with E-state index in [4.69, 9.17) is 0 Å². The minimum atomic E-state index is -0.719. The Morgan fingerprint density at radius 3 is 2.25 bits per heavy atom. The lowest BCUT2D eigenvalue weighted by molar-refractivity contribution is -0.138. The molecule has 0 aliphatic carbocycles. The molecule has 3 rings (SSSR count). The monoisotopic (exact) mass is 432 g/mol. The smallest absolute Gasteiger partial charge is 0.354 e. The molecular weight excluding hydrogens is 408 g/mol. The Labute approximate surface area is 186 Å². The number of hydrogen-bond acceptors (Lipinski definition) is 6. The highest BCUT2D eigenvalue weighted by Gasteiger charge is 2.18. The Morgan fingerprint density at radius 2 is 1.59 bits per heavy atom. The number of nitrogens with one attached hydrogen (secondary N) is 1. The summed E-state index contributed by atoms with van der Waals surface area (Å²) >= 11 is 0. The second kappa shape index (κ2) is 10.3. The fourth-order valence-electron chi connectivity index (χ4n) is 3.31. The molecule has 1 N–H and O–H groups in total. The average Bonchev–Trinajstić information content (AvgIpc) is 2.84. The molecule has 0 bridgehead atoms. The van der Waals surface area contributed by atoms with E-state index in [-0.39, 0.29) is 11.6 Å². The quantitative estimate of drug-likeness (QED) is 0.446. The first-order chi connectivity index (χ1) is 15.5. The first-order valence-corrected chi connectivity index (χ1v) is 10.0. The Bertz CT molecular complexity index is 1160. The highest BCUT2D eigenvalue weighted by atomic mass is 16.5. The molecule has 0 fully saturated rings. The SMILES string of the molecule is CCN(C(=O)c1ccc(N/C(=C/C(=O)OC)C(=O)OC)cc1)c1cccc2ccccc12. The number of fused-ring (bicyclic) bond motifs is 1. The molecule has 0 aliphatic heterocycles. The van der Waals surface area contributed by atoms with Crippen LogP contribution in [0.15, 0.2) is 78.5 Å². The molecule has 3 aromatic carbocycles. The lowest BCUT2D eigenvalue weighted by Crippen LogP contribution is -2.30. The van der Waals surface area contributed by atoms with Crippen LogP contribution < -0.4 is 10.2 Å². The number of benzene rings is 3. The molecule has 0 saturated heterocycles. The highest BCUT2D eigenvalue weighted by molar-refractivity contribution is 6.11. The Kier molecular flexibility index (Phi) is 7.23. The van der Waals surface area contributed by atoms with Crippen molar-refractivity contribution in [2.45, 2.75) is 6.92 Å². The topological polar surface area (TPSA) is 84.9 Å². The highest BCUT2D eigenvalue weighted by Crippen LogP contribution is 2.28. The number of nitrogens with zero attached hydrogens (tertiary/aromatic N) is 1. The van der Waals surface area contributed by atoms with E-state index in [0.717, 1.165) is 22.5 Å². The van der Waals surface area contributed by atoms with Gasteiger partial charge in [0, 0.05) is 23.2 Å². The van der Waals surface area contributed by atoms with Gasteiger partial charge in [-0.2, -0.15) is 0 Å². The number of ether oxygens (including phenoxy) is 2. The van der Waals surface area contributed by atoms with Gasteiger partial charge in [0.05, 0.1) is 26.0 Å². The molecule has 7 nitrogen and oxygen atoms in total. The van der Waals surface area contributed by atoms with Gasteiger partial charge in [0.15, 0.2) is 0 Å². The standard InChI is InChI=1S/C25H24N2O5/c1-4-27(22-11-7-9-17-8-5-6-10-20(17)22)24(29)18-12-14-19(15-13-18)26-21(25(30)32-3)16-23(28)31-2/h5-16,26H,4H2,1-3H3/b21-16+. The lowest BCUT2D eigenvalue weighted by atomic mass is 10.1. The molecule has 0 spiro atoms. The first kappa shape index (κ1) is 22.6. The van der Waals surface area contributed by atoms with Gasteiger partial charge in [0.2, 0.25) is 0 Å². The second-order valence-electron chi connectivity index (χ2n) is 6.82. The molecule has 0 aliphatic rings. The summed E-state index contributed by atoms with van der Waals surface area (Å²) in [6, 6.07) is 20.4. The van der Waals surface area contributed by atoms with E-state index in [2.05, 4.69) is 14.8 Å². The zero-order valence-corrected chi connectivity index (χ0v) is 18.1. The van der Waals surface area contributed by atoms with Crippen LogP contribution in [-0.2, 0) is 19.1 Å². The first-order valence-electron chi connectivity index (χ1n) is 10.0. The van der Waals surface area contributed by atoms with Gasteiger partial charge in [-0.15, -0.1) is 0 Å². The maximum atomic E-state index is 13.3. The van der Waals surface area contributed by atoms with Gasteiger partial charge in [-0.1, -0.05) is 36.4 Å². The summed E-state index contributed by atoms with van der Waals surface area (Å²) in [6.07, 6.45) is 1.00. The number of carbonyl (C=O) groups excluding carboxylic acids is 3. The zero-order valence-electron chi connectivity index (χ0n) is 18.1. The van der Waals surface area contributed by atoms with Crippen molar-refractivity contribution in [2.24, 2.45) is 0 Å². The van der Waals surface area contributed by atoms with E-state index in [1.807, 2.05) is 49.4 Å². The molecule has 7 heteroatoms. The van der Waals surface area contributed by atoms with Gasteiger partial charge in [-0.05, 0) is 42.6 Å². The van der Waals surface area contributed by atoms with Crippen molar-refractivity contribution in [3.8, 4) is 0 Å². The van der Waals surface area contributed by atoms with Crippen LogP contribution in [0.4, 0.5) is 11.4 Å². The summed E-state index contributed by atoms with van der Waals surface area (Å²) in [5.41, 5.74) is 1.76. The Balaban J connectivity index is 1.85. The molecule has 0 atom stereocenters. The van der Waals surface area contributed by atoms with Crippen LogP contribution in [0.5, 0.6) is 0 Å². The molecule has 32 heavy (non-hydrogen) atoms. The van der Waals surface area contributed by atoms with Crippen LogP contribution >= 0.6 is 0 Å². The minimum absolute atomic E-state index is 0.0793. The number of esters is 2. The summed E-state index contributed by atoms with van der Waals surface area (Å²) in [7, 11) is 2.42. The Morgan fingerprint density at radius 1 is 0.906 bits per heavy atom. The number of anilines is 2. The van der Waals surface area contributed by atoms with Crippen molar-refractivity contribution in [3.63, 3.8) is 0 Å². The summed E-state index contributed by atoms with van der Waals surface area (Å²) in [6.45, 7) is 2.43. The molecule has 164 valence electrons. The van der Waals surface area contributed by atoms with E-state index in [1.54, 1.807) is 29.2 Å². The molecule has 0 heterocycles. The summed E-state index contributed by atoms with van der Waals surface area (Å²) in [4.78, 5) is 38.4. The molecular formula is C25H24N2O5. The summed E-state index contributed by atoms with van der Waals surface area (Å²) in [5.74, 6) is -1.56. The van der Waals surface area contributed by atoms with Crippen LogP contribution in [0.25, 0.3) is 10.8 Å². The van der Waals surface area contributed by atoms with Gasteiger partial charge in [0.1, 0.15) is 5.70 Å². The molecule has 1 amide bonds. The van der Waals surface area contributed by atoms with E-state index in [1.165, 1.54) is 14.2 Å². The molecule has 0 radical (unpaired) electrons. The summed E-state index contributed by atoms with van der Waals surface area (Å²) < 4.78 is 9.25. The fraction of sp³-hybridized carbons (Fsp3) is 0.160. The van der Waals surface area contributed by atoms with Crippen molar-refractivity contribution in [1.29, 1.82) is 0 Å². The normalized spacial score (nSPS) is 11.0.